The normalized spacial score (nSPS) is 10.4. The van der Waals surface area contributed by atoms with Crippen molar-refractivity contribution in [2.45, 2.75) is 0 Å². The Labute approximate surface area is 200 Å². The Morgan fingerprint density at radius 2 is 1.35 bits per heavy atom. The zero-order chi connectivity index (χ0) is 24.1. The lowest BCUT2D eigenvalue weighted by Gasteiger charge is -2.16. The third-order valence-electron chi connectivity index (χ3n) is 5.01. The van der Waals surface area contributed by atoms with E-state index in [9.17, 15) is 14.0 Å². The van der Waals surface area contributed by atoms with Gasteiger partial charge in [-0.15, -0.1) is 11.3 Å². The Balaban J connectivity index is 1.55. The number of methoxy groups -OCH3 is 2. The summed E-state index contributed by atoms with van der Waals surface area (Å²) < 4.78 is 24.1. The molecule has 0 saturated heterocycles. The van der Waals surface area contributed by atoms with Crippen LogP contribution in [0.15, 0.2) is 78.9 Å². The second-order valence-electron chi connectivity index (χ2n) is 7.20. The predicted molar refractivity (Wildman–Crippen MR) is 132 cm³/mol. The summed E-state index contributed by atoms with van der Waals surface area (Å²) in [5.41, 5.74) is 2.11. The maximum Gasteiger partial charge on any atom is 0.265 e. The fourth-order valence-electron chi connectivity index (χ4n) is 3.29. The maximum absolute atomic E-state index is 13.2. The van der Waals surface area contributed by atoms with Crippen LogP contribution in [0, 0.1) is 5.82 Å². The molecule has 0 fully saturated rings. The molecule has 0 saturated carbocycles. The molecule has 0 aliphatic rings. The number of anilines is 2. The van der Waals surface area contributed by atoms with Gasteiger partial charge in [-0.1, -0.05) is 30.3 Å². The SMILES string of the molecule is COc1cc(NC(=O)c2ccc(-c3ccc(F)cc3)s2)c(OC)cc1NC(=O)c1ccccc1. The van der Waals surface area contributed by atoms with Crippen LogP contribution < -0.4 is 20.1 Å². The lowest BCUT2D eigenvalue weighted by Crippen LogP contribution is -2.14. The van der Waals surface area contributed by atoms with Crippen LogP contribution in [0.5, 0.6) is 11.5 Å². The fourth-order valence-corrected chi connectivity index (χ4v) is 4.20. The number of amides is 2. The molecule has 8 heteroatoms. The number of rotatable bonds is 7. The molecule has 0 aliphatic heterocycles. The Morgan fingerprint density at radius 3 is 1.94 bits per heavy atom. The molecular formula is C26H21FN2O4S. The average Bonchev–Trinajstić information content (AvgIpc) is 3.36. The summed E-state index contributed by atoms with van der Waals surface area (Å²) in [7, 11) is 2.94. The quantitative estimate of drug-likeness (QED) is 0.339. The second kappa shape index (κ2) is 10.2. The van der Waals surface area contributed by atoms with Crippen LogP contribution in [-0.4, -0.2) is 26.0 Å². The molecule has 2 amide bonds. The molecule has 4 aromatic rings. The van der Waals surface area contributed by atoms with Crippen molar-refractivity contribution >= 4 is 34.5 Å². The third-order valence-corrected chi connectivity index (χ3v) is 6.15. The highest BCUT2D eigenvalue weighted by Gasteiger charge is 2.18. The number of carbonyl (C=O) groups excluding carboxylic acids is 2. The molecule has 1 heterocycles. The lowest BCUT2D eigenvalue weighted by molar-refractivity contribution is 0.101. The van der Waals surface area contributed by atoms with E-state index in [0.717, 1.165) is 10.4 Å². The maximum atomic E-state index is 13.2. The van der Waals surface area contributed by atoms with Crippen LogP contribution in [0.4, 0.5) is 15.8 Å². The van der Waals surface area contributed by atoms with E-state index in [4.69, 9.17) is 9.47 Å². The molecule has 0 spiro atoms. The number of nitrogens with one attached hydrogen (secondary N) is 2. The van der Waals surface area contributed by atoms with E-state index in [-0.39, 0.29) is 17.6 Å². The standard InChI is InChI=1S/C26H21FN2O4S/c1-32-21-15-20(22(33-2)14-19(21)28-25(30)17-6-4-3-5-7-17)29-26(31)24-13-12-23(34-24)16-8-10-18(27)11-9-16/h3-15H,1-2H3,(H,28,30)(H,29,31). The Hall–Kier alpha value is -4.17. The van der Waals surface area contributed by atoms with Gasteiger partial charge in [-0.2, -0.15) is 0 Å². The van der Waals surface area contributed by atoms with Gasteiger partial charge in [-0.25, -0.2) is 4.39 Å². The highest BCUT2D eigenvalue weighted by atomic mass is 32.1. The molecule has 2 N–H and O–H groups in total. The summed E-state index contributed by atoms with van der Waals surface area (Å²) in [6.07, 6.45) is 0. The van der Waals surface area contributed by atoms with Gasteiger partial charge in [0.15, 0.2) is 0 Å². The van der Waals surface area contributed by atoms with E-state index in [1.165, 1.54) is 37.7 Å². The van der Waals surface area contributed by atoms with Gasteiger partial charge in [0.1, 0.15) is 17.3 Å². The predicted octanol–water partition coefficient (Wildman–Crippen LogP) is 6.08. The summed E-state index contributed by atoms with van der Waals surface area (Å²) in [4.78, 5) is 26.8. The van der Waals surface area contributed by atoms with E-state index in [1.54, 1.807) is 54.6 Å². The number of hydrogen-bond donors (Lipinski definition) is 2. The zero-order valence-electron chi connectivity index (χ0n) is 18.4. The molecule has 0 bridgehead atoms. The van der Waals surface area contributed by atoms with Crippen molar-refractivity contribution in [3.63, 3.8) is 0 Å². The van der Waals surface area contributed by atoms with Gasteiger partial charge in [0, 0.05) is 22.6 Å². The van der Waals surface area contributed by atoms with Gasteiger partial charge in [0.25, 0.3) is 11.8 Å². The Bertz CT molecular complexity index is 1320. The average molecular weight is 477 g/mol. The number of thiophene rings is 1. The van der Waals surface area contributed by atoms with Gasteiger partial charge in [0.2, 0.25) is 0 Å². The van der Waals surface area contributed by atoms with Crippen LogP contribution in [0.3, 0.4) is 0 Å². The molecule has 34 heavy (non-hydrogen) atoms. The first kappa shape index (κ1) is 23.0. The second-order valence-corrected chi connectivity index (χ2v) is 8.28. The summed E-state index contributed by atoms with van der Waals surface area (Å²) >= 11 is 1.29. The van der Waals surface area contributed by atoms with Crippen molar-refractivity contribution in [3.8, 4) is 21.9 Å². The zero-order valence-corrected chi connectivity index (χ0v) is 19.2. The third kappa shape index (κ3) is 5.07. The topological polar surface area (TPSA) is 76.7 Å². The van der Waals surface area contributed by atoms with Crippen molar-refractivity contribution in [1.82, 2.24) is 0 Å². The van der Waals surface area contributed by atoms with E-state index >= 15 is 0 Å². The molecule has 3 aromatic carbocycles. The summed E-state index contributed by atoms with van der Waals surface area (Å²) in [5, 5.41) is 5.64. The molecule has 172 valence electrons. The molecular weight excluding hydrogens is 455 g/mol. The van der Waals surface area contributed by atoms with Crippen molar-refractivity contribution in [2.75, 3.05) is 24.9 Å². The molecule has 0 unspecified atom stereocenters. The van der Waals surface area contributed by atoms with Gasteiger partial charge in [-0.3, -0.25) is 9.59 Å². The lowest BCUT2D eigenvalue weighted by atomic mass is 10.2. The van der Waals surface area contributed by atoms with Gasteiger partial charge >= 0.3 is 0 Å². The number of benzene rings is 3. The number of ether oxygens (including phenoxy) is 2. The smallest absolute Gasteiger partial charge is 0.265 e. The molecule has 0 aliphatic carbocycles. The van der Waals surface area contributed by atoms with Crippen molar-refractivity contribution < 1.29 is 23.5 Å². The number of hydrogen-bond acceptors (Lipinski definition) is 5. The van der Waals surface area contributed by atoms with Crippen LogP contribution in [0.25, 0.3) is 10.4 Å². The van der Waals surface area contributed by atoms with E-state index in [1.807, 2.05) is 12.1 Å². The van der Waals surface area contributed by atoms with Crippen LogP contribution >= 0.6 is 11.3 Å². The van der Waals surface area contributed by atoms with Crippen LogP contribution in [-0.2, 0) is 0 Å². The molecule has 0 atom stereocenters. The summed E-state index contributed by atoms with van der Waals surface area (Å²) in [6.45, 7) is 0. The van der Waals surface area contributed by atoms with Gasteiger partial charge < -0.3 is 20.1 Å². The molecule has 4 rings (SSSR count). The van der Waals surface area contributed by atoms with Crippen LogP contribution in [0.2, 0.25) is 0 Å². The first-order valence-electron chi connectivity index (χ1n) is 10.3. The first-order chi connectivity index (χ1) is 16.5. The Kier molecular flexibility index (Phi) is 6.89. The Morgan fingerprint density at radius 1 is 0.765 bits per heavy atom. The number of carbonyl (C=O) groups is 2. The minimum absolute atomic E-state index is 0.301. The van der Waals surface area contributed by atoms with Crippen LogP contribution in [0.1, 0.15) is 20.0 Å². The van der Waals surface area contributed by atoms with E-state index < -0.39 is 0 Å². The highest BCUT2D eigenvalue weighted by Crippen LogP contribution is 2.37. The molecule has 0 radical (unpaired) electrons. The van der Waals surface area contributed by atoms with E-state index in [2.05, 4.69) is 10.6 Å². The summed E-state index contributed by atoms with van der Waals surface area (Å²) in [6, 6.07) is 21.6. The van der Waals surface area contributed by atoms with Crippen molar-refractivity contribution in [1.29, 1.82) is 0 Å². The van der Waals surface area contributed by atoms with Crippen molar-refractivity contribution in [2.24, 2.45) is 0 Å². The minimum atomic E-state index is -0.334. The minimum Gasteiger partial charge on any atom is -0.494 e. The largest absolute Gasteiger partial charge is 0.494 e. The van der Waals surface area contributed by atoms with Gasteiger partial charge in [0.05, 0.1) is 30.5 Å². The number of halogens is 1. The molecule has 6 nitrogen and oxygen atoms in total. The van der Waals surface area contributed by atoms with Crippen molar-refractivity contribution in [3.05, 3.63) is 95.1 Å². The van der Waals surface area contributed by atoms with E-state index in [0.29, 0.717) is 33.3 Å². The monoisotopic (exact) mass is 476 g/mol. The highest BCUT2D eigenvalue weighted by molar-refractivity contribution is 7.17. The fraction of sp³-hybridized carbons (Fsp3) is 0.0769. The van der Waals surface area contributed by atoms with Gasteiger partial charge in [-0.05, 0) is 42.0 Å². The molecule has 1 aromatic heterocycles. The summed E-state index contributed by atoms with van der Waals surface area (Å²) in [5.74, 6) is -0.237. The first-order valence-corrected chi connectivity index (χ1v) is 11.1.